The normalized spacial score (nSPS) is 19.2. The molecule has 1 aliphatic carbocycles. The van der Waals surface area contributed by atoms with Gasteiger partial charge in [-0.15, -0.1) is 0 Å². The van der Waals surface area contributed by atoms with Crippen LogP contribution in [0.15, 0.2) is 6.07 Å². The molecule has 0 spiro atoms. The standard InChI is InChI=1S/C16H24N4O2/c1-2-3-13-10-14(19-18-13)17-15(21)11-6-8-20(9-7-11)16(22)12-4-5-12/h10-12H,2-9H2,1H3,(H2,17,18,19,21). The zero-order valence-electron chi connectivity index (χ0n) is 13.1. The van der Waals surface area contributed by atoms with Crippen molar-refractivity contribution < 1.29 is 9.59 Å². The van der Waals surface area contributed by atoms with Crippen molar-refractivity contribution in [3.05, 3.63) is 11.8 Å². The molecular formula is C16H24N4O2. The van der Waals surface area contributed by atoms with Gasteiger partial charge in [-0.2, -0.15) is 5.10 Å². The highest BCUT2D eigenvalue weighted by atomic mass is 16.2. The first-order chi connectivity index (χ1) is 10.7. The Bertz CT molecular complexity index is 542. The topological polar surface area (TPSA) is 78.1 Å². The minimum atomic E-state index is -0.0189. The molecule has 3 rings (SSSR count). The Morgan fingerprint density at radius 1 is 1.27 bits per heavy atom. The number of hydrogen-bond acceptors (Lipinski definition) is 3. The van der Waals surface area contributed by atoms with Crippen LogP contribution in [0, 0.1) is 11.8 Å². The molecule has 1 aliphatic heterocycles. The number of carbonyl (C=O) groups is 2. The fourth-order valence-corrected chi connectivity index (χ4v) is 3.00. The van der Waals surface area contributed by atoms with E-state index in [0.717, 1.165) is 44.2 Å². The maximum absolute atomic E-state index is 12.3. The molecule has 0 unspecified atom stereocenters. The average molecular weight is 304 g/mol. The Labute approximate surface area is 130 Å². The van der Waals surface area contributed by atoms with Gasteiger partial charge in [0.1, 0.15) is 0 Å². The van der Waals surface area contributed by atoms with E-state index in [9.17, 15) is 9.59 Å². The third kappa shape index (κ3) is 3.48. The fraction of sp³-hybridized carbons (Fsp3) is 0.688. The predicted octanol–water partition coefficient (Wildman–Crippen LogP) is 1.95. The van der Waals surface area contributed by atoms with Crippen LogP contribution < -0.4 is 5.32 Å². The van der Waals surface area contributed by atoms with Crippen molar-refractivity contribution in [2.24, 2.45) is 11.8 Å². The molecule has 2 heterocycles. The molecular weight excluding hydrogens is 280 g/mol. The third-order valence-electron chi connectivity index (χ3n) is 4.51. The van der Waals surface area contributed by atoms with E-state index in [1.54, 1.807) is 0 Å². The second kappa shape index (κ2) is 6.50. The van der Waals surface area contributed by atoms with Gasteiger partial charge in [0.05, 0.1) is 0 Å². The third-order valence-corrected chi connectivity index (χ3v) is 4.51. The number of hydrogen-bond donors (Lipinski definition) is 2. The predicted molar refractivity (Wildman–Crippen MR) is 83.2 cm³/mol. The van der Waals surface area contributed by atoms with E-state index in [1.165, 1.54) is 0 Å². The van der Waals surface area contributed by atoms with Crippen LogP contribution in [-0.2, 0) is 16.0 Å². The van der Waals surface area contributed by atoms with Crippen LogP contribution in [0.2, 0.25) is 0 Å². The Morgan fingerprint density at radius 2 is 2.00 bits per heavy atom. The molecule has 1 aromatic rings. The molecule has 6 heteroatoms. The molecule has 0 radical (unpaired) electrons. The summed E-state index contributed by atoms with van der Waals surface area (Å²) in [5.41, 5.74) is 1.04. The number of H-pyrrole nitrogens is 1. The minimum Gasteiger partial charge on any atom is -0.342 e. The molecule has 2 fully saturated rings. The Hall–Kier alpha value is -1.85. The van der Waals surface area contributed by atoms with Gasteiger partial charge in [-0.25, -0.2) is 0 Å². The number of piperidine rings is 1. The summed E-state index contributed by atoms with van der Waals surface area (Å²) in [6, 6.07) is 1.90. The Balaban J connectivity index is 1.47. The Morgan fingerprint density at radius 3 is 2.64 bits per heavy atom. The van der Waals surface area contributed by atoms with Gasteiger partial charge in [0, 0.05) is 36.7 Å². The number of aryl methyl sites for hydroxylation is 1. The van der Waals surface area contributed by atoms with Crippen molar-refractivity contribution in [2.45, 2.75) is 45.4 Å². The van der Waals surface area contributed by atoms with E-state index in [0.29, 0.717) is 18.9 Å². The molecule has 2 N–H and O–H groups in total. The van der Waals surface area contributed by atoms with Crippen LogP contribution in [0.25, 0.3) is 0 Å². The summed E-state index contributed by atoms with van der Waals surface area (Å²) in [5, 5.41) is 9.95. The largest absolute Gasteiger partial charge is 0.342 e. The lowest BCUT2D eigenvalue weighted by atomic mass is 9.95. The van der Waals surface area contributed by atoms with Gasteiger partial charge < -0.3 is 10.2 Å². The van der Waals surface area contributed by atoms with Crippen molar-refractivity contribution in [2.75, 3.05) is 18.4 Å². The van der Waals surface area contributed by atoms with E-state index in [2.05, 4.69) is 22.4 Å². The van der Waals surface area contributed by atoms with Gasteiger partial charge in [-0.3, -0.25) is 14.7 Å². The van der Waals surface area contributed by atoms with Crippen molar-refractivity contribution in [3.63, 3.8) is 0 Å². The second-order valence-corrected chi connectivity index (χ2v) is 6.39. The lowest BCUT2D eigenvalue weighted by Crippen LogP contribution is -2.42. The first kappa shape index (κ1) is 15.1. The summed E-state index contributed by atoms with van der Waals surface area (Å²) in [7, 11) is 0. The molecule has 6 nitrogen and oxygen atoms in total. The number of nitrogens with one attached hydrogen (secondary N) is 2. The number of anilines is 1. The second-order valence-electron chi connectivity index (χ2n) is 6.39. The van der Waals surface area contributed by atoms with E-state index in [-0.39, 0.29) is 23.7 Å². The fourth-order valence-electron chi connectivity index (χ4n) is 3.00. The molecule has 1 saturated carbocycles. The lowest BCUT2D eigenvalue weighted by Gasteiger charge is -2.31. The van der Waals surface area contributed by atoms with Crippen molar-refractivity contribution in [1.82, 2.24) is 15.1 Å². The molecule has 120 valence electrons. The van der Waals surface area contributed by atoms with Crippen LogP contribution in [0.5, 0.6) is 0 Å². The molecule has 22 heavy (non-hydrogen) atoms. The smallest absolute Gasteiger partial charge is 0.228 e. The first-order valence-electron chi connectivity index (χ1n) is 8.31. The van der Waals surface area contributed by atoms with Gasteiger partial charge in [0.2, 0.25) is 11.8 Å². The quantitative estimate of drug-likeness (QED) is 0.872. The van der Waals surface area contributed by atoms with Crippen molar-refractivity contribution in [1.29, 1.82) is 0 Å². The minimum absolute atomic E-state index is 0.0189. The molecule has 2 amide bonds. The number of aromatic amines is 1. The number of likely N-dealkylation sites (tertiary alicyclic amines) is 1. The molecule has 0 aromatic carbocycles. The number of aromatic nitrogens is 2. The molecule has 0 atom stereocenters. The summed E-state index contributed by atoms with van der Waals surface area (Å²) < 4.78 is 0. The zero-order valence-corrected chi connectivity index (χ0v) is 13.1. The number of rotatable bonds is 5. The summed E-state index contributed by atoms with van der Waals surface area (Å²) in [6.45, 7) is 3.51. The van der Waals surface area contributed by atoms with Gasteiger partial charge in [0.25, 0.3) is 0 Å². The van der Waals surface area contributed by atoms with E-state index in [1.807, 2.05) is 11.0 Å². The highest BCUT2D eigenvalue weighted by molar-refractivity contribution is 5.92. The van der Waals surface area contributed by atoms with Crippen LogP contribution in [0.3, 0.4) is 0 Å². The number of amides is 2. The van der Waals surface area contributed by atoms with Crippen LogP contribution >= 0.6 is 0 Å². The van der Waals surface area contributed by atoms with E-state index >= 15 is 0 Å². The van der Waals surface area contributed by atoms with Crippen LogP contribution in [0.4, 0.5) is 5.82 Å². The number of nitrogens with zero attached hydrogens (tertiary/aromatic N) is 2. The molecule has 0 bridgehead atoms. The Kier molecular flexibility index (Phi) is 4.45. The maximum atomic E-state index is 12.3. The van der Waals surface area contributed by atoms with Gasteiger partial charge in [0.15, 0.2) is 5.82 Å². The van der Waals surface area contributed by atoms with E-state index < -0.39 is 0 Å². The van der Waals surface area contributed by atoms with E-state index in [4.69, 9.17) is 0 Å². The highest BCUT2D eigenvalue weighted by Gasteiger charge is 2.36. The SMILES string of the molecule is CCCc1cc(NC(=O)C2CCN(C(=O)C3CC3)CC2)n[nH]1. The average Bonchev–Trinajstić information content (AvgIpc) is 3.29. The monoisotopic (exact) mass is 304 g/mol. The van der Waals surface area contributed by atoms with Gasteiger partial charge in [-0.1, -0.05) is 13.3 Å². The summed E-state index contributed by atoms with van der Waals surface area (Å²) in [6.07, 6.45) is 5.55. The van der Waals surface area contributed by atoms with Crippen molar-refractivity contribution in [3.8, 4) is 0 Å². The zero-order chi connectivity index (χ0) is 15.5. The van der Waals surface area contributed by atoms with Crippen LogP contribution in [0.1, 0.15) is 44.7 Å². The van der Waals surface area contributed by atoms with Crippen LogP contribution in [-0.4, -0.2) is 40.0 Å². The highest BCUT2D eigenvalue weighted by Crippen LogP contribution is 2.32. The first-order valence-corrected chi connectivity index (χ1v) is 8.31. The summed E-state index contributed by atoms with van der Waals surface area (Å²) >= 11 is 0. The summed E-state index contributed by atoms with van der Waals surface area (Å²) in [5.74, 6) is 1.16. The molecule has 2 aliphatic rings. The van der Waals surface area contributed by atoms with Gasteiger partial charge >= 0.3 is 0 Å². The number of carbonyl (C=O) groups excluding carboxylic acids is 2. The summed E-state index contributed by atoms with van der Waals surface area (Å²) in [4.78, 5) is 26.2. The van der Waals surface area contributed by atoms with Gasteiger partial charge in [-0.05, 0) is 32.1 Å². The maximum Gasteiger partial charge on any atom is 0.228 e. The molecule has 1 aromatic heterocycles. The lowest BCUT2D eigenvalue weighted by molar-refractivity contribution is -0.135. The molecule has 1 saturated heterocycles. The van der Waals surface area contributed by atoms with Crippen molar-refractivity contribution >= 4 is 17.6 Å².